The monoisotopic (exact) mass is 322 g/mol. The number of benzene rings is 1. The van der Waals surface area contributed by atoms with Crippen LogP contribution < -0.4 is 16.5 Å². The molecule has 0 bridgehead atoms. The van der Waals surface area contributed by atoms with Crippen LogP contribution in [0.3, 0.4) is 0 Å². The smallest absolute Gasteiger partial charge is 0.423 e. The summed E-state index contributed by atoms with van der Waals surface area (Å²) in [6.07, 6.45) is 2.23. The molecule has 0 aliphatic heterocycles. The third-order valence-corrected chi connectivity index (χ3v) is 3.88. The van der Waals surface area contributed by atoms with Gasteiger partial charge < -0.3 is 21.1 Å². The minimum atomic E-state index is -1.49. The van der Waals surface area contributed by atoms with Crippen LogP contribution in [0.5, 0.6) is 0 Å². The van der Waals surface area contributed by atoms with E-state index in [1.165, 1.54) is 18.6 Å². The van der Waals surface area contributed by atoms with Gasteiger partial charge in [-0.25, -0.2) is 0 Å². The number of amides is 1. The lowest BCUT2D eigenvalue weighted by molar-refractivity contribution is 0.0948. The maximum atomic E-state index is 11.7. The highest BCUT2D eigenvalue weighted by molar-refractivity contribution is 6.58. The van der Waals surface area contributed by atoms with Gasteiger partial charge in [0.25, 0.3) is 5.91 Å². The van der Waals surface area contributed by atoms with Crippen molar-refractivity contribution in [1.82, 2.24) is 5.32 Å². The normalized spacial score (nSPS) is 12.7. The van der Waals surface area contributed by atoms with Crippen molar-refractivity contribution < 1.29 is 14.8 Å². The minimum absolute atomic E-state index is 0.135. The number of carbonyl (C=O) groups excluding carboxylic acids is 1. The van der Waals surface area contributed by atoms with Crippen molar-refractivity contribution in [3.8, 4) is 0 Å². The van der Waals surface area contributed by atoms with Gasteiger partial charge in [0.1, 0.15) is 0 Å². The fourth-order valence-corrected chi connectivity index (χ4v) is 1.49. The Hall–Kier alpha value is -1.37. The van der Waals surface area contributed by atoms with Crippen LogP contribution in [0.2, 0.25) is 0 Å². The Morgan fingerprint density at radius 1 is 1.13 bits per heavy atom. The van der Waals surface area contributed by atoms with E-state index in [1.54, 1.807) is 12.1 Å². The van der Waals surface area contributed by atoms with Crippen LogP contribution in [0.1, 0.15) is 50.9 Å². The van der Waals surface area contributed by atoms with Gasteiger partial charge in [0, 0.05) is 12.1 Å². The van der Waals surface area contributed by atoms with Gasteiger partial charge in [-0.15, -0.1) is 0 Å². The molecule has 130 valence electrons. The maximum absolute atomic E-state index is 11.7. The third-order valence-electron chi connectivity index (χ3n) is 3.88. The van der Waals surface area contributed by atoms with Crippen LogP contribution in [0.4, 0.5) is 0 Å². The van der Waals surface area contributed by atoms with Crippen molar-refractivity contribution in [1.29, 1.82) is 0 Å². The topological polar surface area (TPSA) is 95.6 Å². The van der Waals surface area contributed by atoms with Gasteiger partial charge in [-0.1, -0.05) is 52.7 Å². The van der Waals surface area contributed by atoms with Crippen molar-refractivity contribution in [3.05, 3.63) is 29.8 Å². The van der Waals surface area contributed by atoms with E-state index in [0.29, 0.717) is 29.4 Å². The molecule has 0 spiro atoms. The van der Waals surface area contributed by atoms with Crippen molar-refractivity contribution in [3.63, 3.8) is 0 Å². The summed E-state index contributed by atoms with van der Waals surface area (Å²) < 4.78 is 0. The van der Waals surface area contributed by atoms with Crippen LogP contribution in [0.25, 0.3) is 0 Å². The van der Waals surface area contributed by atoms with Crippen LogP contribution in [0, 0.1) is 11.8 Å². The zero-order valence-electron chi connectivity index (χ0n) is 14.7. The second-order valence-electron chi connectivity index (χ2n) is 5.97. The molecule has 2 unspecified atom stereocenters. The van der Waals surface area contributed by atoms with E-state index < -0.39 is 7.12 Å². The van der Waals surface area contributed by atoms with E-state index in [1.807, 2.05) is 0 Å². The summed E-state index contributed by atoms with van der Waals surface area (Å²) in [6, 6.07) is 6.23. The Bertz CT molecular complexity index is 434. The quantitative estimate of drug-likeness (QED) is 0.566. The van der Waals surface area contributed by atoms with Crippen LogP contribution in [-0.4, -0.2) is 36.2 Å². The van der Waals surface area contributed by atoms with Crippen LogP contribution in [-0.2, 0) is 0 Å². The summed E-state index contributed by atoms with van der Waals surface area (Å²) in [7, 11) is -1.49. The van der Waals surface area contributed by atoms with E-state index in [9.17, 15) is 4.79 Å². The summed E-state index contributed by atoms with van der Waals surface area (Å²) >= 11 is 0. The highest BCUT2D eigenvalue weighted by Gasteiger charge is 2.12. The zero-order valence-corrected chi connectivity index (χ0v) is 14.7. The first kappa shape index (κ1) is 21.6. The lowest BCUT2D eigenvalue weighted by Crippen LogP contribution is -2.31. The highest BCUT2D eigenvalue weighted by Crippen LogP contribution is 2.01. The molecular weight excluding hydrogens is 291 g/mol. The van der Waals surface area contributed by atoms with Gasteiger partial charge >= 0.3 is 7.12 Å². The van der Waals surface area contributed by atoms with Gasteiger partial charge in [-0.2, -0.15) is 0 Å². The van der Waals surface area contributed by atoms with Crippen LogP contribution >= 0.6 is 0 Å². The van der Waals surface area contributed by atoms with Crippen molar-refractivity contribution in [2.24, 2.45) is 17.6 Å². The molecule has 1 aromatic rings. The van der Waals surface area contributed by atoms with E-state index in [0.717, 1.165) is 13.0 Å². The summed E-state index contributed by atoms with van der Waals surface area (Å²) in [5.41, 5.74) is 6.19. The molecule has 0 heterocycles. The second kappa shape index (κ2) is 12.1. The minimum Gasteiger partial charge on any atom is -0.423 e. The largest absolute Gasteiger partial charge is 0.488 e. The molecule has 0 radical (unpaired) electrons. The Morgan fingerprint density at radius 3 is 2.00 bits per heavy atom. The summed E-state index contributed by atoms with van der Waals surface area (Å²) in [5, 5.41) is 20.7. The first-order valence-electron chi connectivity index (χ1n) is 8.29. The number of nitrogens with one attached hydrogen (secondary N) is 1. The Labute approximate surface area is 140 Å². The molecule has 0 fully saturated rings. The molecule has 0 aliphatic carbocycles. The van der Waals surface area contributed by atoms with Gasteiger partial charge in [0.2, 0.25) is 0 Å². The fraction of sp³-hybridized carbons (Fsp3) is 0.588. The molecule has 5 N–H and O–H groups in total. The zero-order chi connectivity index (χ0) is 17.8. The fourth-order valence-electron chi connectivity index (χ4n) is 1.49. The molecule has 1 amide bonds. The molecule has 0 saturated heterocycles. The summed E-state index contributed by atoms with van der Waals surface area (Å²) in [6.45, 7) is 9.94. The predicted octanol–water partition coefficient (Wildman–Crippen LogP) is 1.13. The van der Waals surface area contributed by atoms with Gasteiger partial charge in [-0.3, -0.25) is 4.79 Å². The Morgan fingerprint density at radius 2 is 1.65 bits per heavy atom. The molecule has 0 aromatic heterocycles. The molecule has 1 aromatic carbocycles. The Balaban J connectivity index is 0.000000688. The van der Waals surface area contributed by atoms with Gasteiger partial charge in [0.05, 0.1) is 0 Å². The lowest BCUT2D eigenvalue weighted by Gasteiger charge is -2.10. The summed E-state index contributed by atoms with van der Waals surface area (Å²) in [4.78, 5) is 11.7. The average molecular weight is 322 g/mol. The molecule has 2 atom stereocenters. The van der Waals surface area contributed by atoms with Crippen LogP contribution in [0.15, 0.2) is 24.3 Å². The second-order valence-corrected chi connectivity index (χ2v) is 5.97. The summed E-state index contributed by atoms with van der Waals surface area (Å²) in [5.74, 6) is 1.03. The van der Waals surface area contributed by atoms with Gasteiger partial charge in [-0.05, 0) is 36.0 Å². The average Bonchev–Trinajstić information content (AvgIpc) is 2.59. The van der Waals surface area contributed by atoms with Crippen molar-refractivity contribution >= 4 is 18.5 Å². The molecule has 6 heteroatoms. The SMILES string of the molecule is CCC(C)CN.CCC(C)CNC(=O)c1ccc(B(O)O)cc1. The molecule has 5 nitrogen and oxygen atoms in total. The van der Waals surface area contributed by atoms with Crippen molar-refractivity contribution in [2.45, 2.75) is 40.5 Å². The van der Waals surface area contributed by atoms with E-state index in [-0.39, 0.29) is 5.91 Å². The molecule has 0 saturated carbocycles. The van der Waals surface area contributed by atoms with Gasteiger partial charge in [0.15, 0.2) is 0 Å². The lowest BCUT2D eigenvalue weighted by atomic mass is 9.80. The molecule has 0 aliphatic rings. The van der Waals surface area contributed by atoms with E-state index in [2.05, 4.69) is 33.0 Å². The number of hydrogen-bond donors (Lipinski definition) is 4. The number of nitrogens with two attached hydrogens (primary N) is 1. The molecular formula is C17H31BN2O3. The number of hydrogen-bond acceptors (Lipinski definition) is 4. The van der Waals surface area contributed by atoms with E-state index >= 15 is 0 Å². The first-order chi connectivity index (χ1) is 10.8. The Kier molecular flexibility index (Phi) is 11.4. The number of rotatable bonds is 7. The highest BCUT2D eigenvalue weighted by atomic mass is 16.4. The maximum Gasteiger partial charge on any atom is 0.488 e. The predicted molar refractivity (Wildman–Crippen MR) is 96.6 cm³/mol. The van der Waals surface area contributed by atoms with Crippen molar-refractivity contribution in [2.75, 3.05) is 13.1 Å². The molecule has 1 rings (SSSR count). The number of carbonyl (C=O) groups is 1. The van der Waals surface area contributed by atoms with E-state index in [4.69, 9.17) is 15.8 Å². The standard InChI is InChI=1S/C12H18BNO3.C5H13N/c1-3-9(2)8-14-12(15)10-4-6-11(7-5-10)13(16)17;1-3-5(2)4-6/h4-7,9,16-17H,3,8H2,1-2H3,(H,14,15);5H,3-4,6H2,1-2H3. The first-order valence-corrected chi connectivity index (χ1v) is 8.29. The molecule has 23 heavy (non-hydrogen) atoms. The third kappa shape index (κ3) is 9.38.